The van der Waals surface area contributed by atoms with E-state index in [-0.39, 0.29) is 31.0 Å². The number of hydrogen-bond acceptors (Lipinski definition) is 10. The fourth-order valence-corrected chi connectivity index (χ4v) is 4.59. The lowest BCUT2D eigenvalue weighted by molar-refractivity contribution is -0.232. The van der Waals surface area contributed by atoms with Crippen LogP contribution in [0.15, 0.2) is 0 Å². The van der Waals surface area contributed by atoms with Crippen molar-refractivity contribution in [3.05, 3.63) is 0 Å². The zero-order valence-electron chi connectivity index (χ0n) is 16.3. The van der Waals surface area contributed by atoms with Crippen molar-refractivity contribution in [2.75, 3.05) is 13.2 Å². The van der Waals surface area contributed by atoms with Crippen molar-refractivity contribution in [3.8, 4) is 0 Å². The van der Waals surface area contributed by atoms with E-state index in [2.05, 4.69) is 0 Å². The molecular formula is C18H28O10. The first kappa shape index (κ1) is 19.6. The number of aliphatic hydroxyl groups excluding tert-OH is 2. The summed E-state index contributed by atoms with van der Waals surface area (Å²) in [6.07, 6.45) is -6.03. The van der Waals surface area contributed by atoms with Crippen LogP contribution in [0.1, 0.15) is 27.7 Å². The maximum Gasteiger partial charge on any atom is 0.190 e. The summed E-state index contributed by atoms with van der Waals surface area (Å²) >= 11 is 0. The highest BCUT2D eigenvalue weighted by Gasteiger charge is 2.60. The smallest absolute Gasteiger partial charge is 0.190 e. The normalized spacial score (nSPS) is 51.9. The molecule has 10 heteroatoms. The van der Waals surface area contributed by atoms with Gasteiger partial charge in [0.25, 0.3) is 0 Å². The molecule has 5 rings (SSSR count). The monoisotopic (exact) mass is 404 g/mol. The largest absolute Gasteiger partial charge is 0.388 e. The van der Waals surface area contributed by atoms with Gasteiger partial charge < -0.3 is 48.1 Å². The minimum absolute atomic E-state index is 0.0479. The van der Waals surface area contributed by atoms with Gasteiger partial charge in [-0.05, 0) is 27.7 Å². The van der Waals surface area contributed by atoms with Gasteiger partial charge in [-0.3, -0.25) is 0 Å². The molecule has 5 aliphatic rings. The molecule has 160 valence electrons. The lowest BCUT2D eigenvalue weighted by atomic mass is 10.1. The van der Waals surface area contributed by atoms with E-state index < -0.39 is 48.6 Å². The minimum atomic E-state index is -1.05. The van der Waals surface area contributed by atoms with Crippen LogP contribution in [0.4, 0.5) is 0 Å². The van der Waals surface area contributed by atoms with E-state index in [0.717, 1.165) is 0 Å². The van der Waals surface area contributed by atoms with E-state index >= 15 is 0 Å². The zero-order valence-corrected chi connectivity index (χ0v) is 16.3. The summed E-state index contributed by atoms with van der Waals surface area (Å²) in [5.41, 5.74) is 0. The summed E-state index contributed by atoms with van der Waals surface area (Å²) in [7, 11) is 0. The van der Waals surface area contributed by atoms with Crippen LogP contribution >= 0.6 is 0 Å². The molecule has 0 aromatic heterocycles. The lowest BCUT2D eigenvalue weighted by Crippen LogP contribution is -2.44. The van der Waals surface area contributed by atoms with Crippen LogP contribution in [0, 0.1) is 0 Å². The van der Waals surface area contributed by atoms with Gasteiger partial charge in [0.05, 0.1) is 13.2 Å². The molecule has 0 saturated carbocycles. The van der Waals surface area contributed by atoms with Gasteiger partial charge in [0.15, 0.2) is 24.2 Å². The highest BCUT2D eigenvalue weighted by molar-refractivity contribution is 5.01. The van der Waals surface area contributed by atoms with Gasteiger partial charge in [0, 0.05) is 0 Å². The molecule has 0 bridgehead atoms. The molecule has 2 N–H and O–H groups in total. The van der Waals surface area contributed by atoms with E-state index in [0.29, 0.717) is 6.61 Å². The second-order valence-corrected chi connectivity index (χ2v) is 8.87. The Morgan fingerprint density at radius 2 is 1.54 bits per heavy atom. The lowest BCUT2D eigenvalue weighted by Gasteiger charge is -2.27. The Hall–Kier alpha value is -0.400. The second-order valence-electron chi connectivity index (χ2n) is 8.87. The van der Waals surface area contributed by atoms with Crippen molar-refractivity contribution in [2.24, 2.45) is 0 Å². The Morgan fingerprint density at radius 3 is 2.21 bits per heavy atom. The molecule has 0 aromatic carbocycles. The van der Waals surface area contributed by atoms with Crippen molar-refractivity contribution >= 4 is 0 Å². The predicted octanol–water partition coefficient (Wildman–Crippen LogP) is -0.755. The third-order valence-electron chi connectivity index (χ3n) is 5.76. The van der Waals surface area contributed by atoms with Crippen molar-refractivity contribution in [3.63, 3.8) is 0 Å². The summed E-state index contributed by atoms with van der Waals surface area (Å²) in [5.74, 6) is -1.53. The molecule has 0 aliphatic carbocycles. The number of aliphatic hydroxyl groups is 2. The van der Waals surface area contributed by atoms with Gasteiger partial charge in [-0.1, -0.05) is 0 Å². The number of ether oxygens (including phenoxy) is 8. The molecule has 10 atom stereocenters. The zero-order chi connectivity index (χ0) is 19.8. The first-order valence-electron chi connectivity index (χ1n) is 9.75. The molecule has 28 heavy (non-hydrogen) atoms. The van der Waals surface area contributed by atoms with Gasteiger partial charge in [-0.15, -0.1) is 0 Å². The Kier molecular flexibility index (Phi) is 4.57. The molecule has 5 fully saturated rings. The van der Waals surface area contributed by atoms with Gasteiger partial charge in [-0.25, -0.2) is 0 Å². The van der Waals surface area contributed by atoms with Gasteiger partial charge in [0.1, 0.15) is 48.8 Å². The quantitative estimate of drug-likeness (QED) is 0.620. The third-order valence-corrected chi connectivity index (χ3v) is 5.76. The molecule has 0 aromatic rings. The van der Waals surface area contributed by atoms with Crippen LogP contribution in [-0.4, -0.2) is 96.4 Å². The topological polar surface area (TPSA) is 114 Å². The molecule has 5 saturated heterocycles. The van der Waals surface area contributed by atoms with Gasteiger partial charge in [-0.2, -0.15) is 0 Å². The van der Waals surface area contributed by atoms with Crippen molar-refractivity contribution in [1.82, 2.24) is 0 Å². The number of fused-ring (bicyclic) bond motifs is 4. The predicted molar refractivity (Wildman–Crippen MR) is 88.9 cm³/mol. The van der Waals surface area contributed by atoms with Crippen LogP contribution in [0.2, 0.25) is 0 Å². The summed E-state index contributed by atoms with van der Waals surface area (Å²) in [6, 6.07) is 0. The highest BCUT2D eigenvalue weighted by Crippen LogP contribution is 2.43. The molecular weight excluding hydrogens is 376 g/mol. The van der Waals surface area contributed by atoms with E-state index in [1.165, 1.54) is 0 Å². The molecule has 0 amide bonds. The van der Waals surface area contributed by atoms with E-state index in [1.807, 2.05) is 13.8 Å². The van der Waals surface area contributed by atoms with Crippen LogP contribution in [0.3, 0.4) is 0 Å². The molecule has 0 spiro atoms. The first-order valence-corrected chi connectivity index (χ1v) is 9.75. The maximum absolute atomic E-state index is 10.5. The van der Waals surface area contributed by atoms with Crippen LogP contribution in [-0.2, 0) is 37.9 Å². The van der Waals surface area contributed by atoms with Gasteiger partial charge in [0.2, 0.25) is 0 Å². The average Bonchev–Trinajstić information content (AvgIpc) is 3.32. The Labute approximate surface area is 162 Å². The fourth-order valence-electron chi connectivity index (χ4n) is 4.59. The second kappa shape index (κ2) is 6.55. The summed E-state index contributed by atoms with van der Waals surface area (Å²) in [6.45, 7) is 7.44. The SMILES string of the molecule is CC1(C)O[C@H]2O[C@H]([C@H](O)CO[C@@H]3CO[C@@H]4[C@H]5OC(C)(C)O[C@H]5O[C@@H]43)[C@@H](O)[C@H]2O1. The third kappa shape index (κ3) is 3.20. The van der Waals surface area contributed by atoms with Crippen LogP contribution < -0.4 is 0 Å². The Balaban J connectivity index is 1.14. The number of rotatable bonds is 4. The van der Waals surface area contributed by atoms with Crippen LogP contribution in [0.25, 0.3) is 0 Å². The summed E-state index contributed by atoms with van der Waals surface area (Å²) in [4.78, 5) is 0. The first-order chi connectivity index (χ1) is 13.1. The Bertz CT molecular complexity index is 611. The maximum atomic E-state index is 10.5. The Morgan fingerprint density at radius 1 is 0.893 bits per heavy atom. The van der Waals surface area contributed by atoms with Gasteiger partial charge >= 0.3 is 0 Å². The highest BCUT2D eigenvalue weighted by atomic mass is 16.9. The van der Waals surface area contributed by atoms with E-state index in [1.54, 1.807) is 13.8 Å². The number of hydrogen-bond donors (Lipinski definition) is 2. The average molecular weight is 404 g/mol. The molecule has 5 heterocycles. The van der Waals surface area contributed by atoms with Crippen molar-refractivity contribution < 1.29 is 48.1 Å². The minimum Gasteiger partial charge on any atom is -0.388 e. The van der Waals surface area contributed by atoms with E-state index in [9.17, 15) is 10.2 Å². The molecule has 5 aliphatic heterocycles. The molecule has 10 nitrogen and oxygen atoms in total. The van der Waals surface area contributed by atoms with Crippen molar-refractivity contribution in [1.29, 1.82) is 0 Å². The molecule has 0 radical (unpaired) electrons. The van der Waals surface area contributed by atoms with Crippen molar-refractivity contribution in [2.45, 2.75) is 101 Å². The standard InChI is InChI=1S/C18H28O10/c1-17(2)25-12-9(20)10(23-15(12)27-17)7(19)5-21-8-6-22-13-11(8)24-16-14(13)26-18(3,4)28-16/h7-16,19-20H,5-6H2,1-4H3/t7-,8-,9-,10-,11-,12-,13+,14-,15-,16-/m1/s1. The summed E-state index contributed by atoms with van der Waals surface area (Å²) < 4.78 is 46.0. The van der Waals surface area contributed by atoms with Crippen LogP contribution in [0.5, 0.6) is 0 Å². The molecule has 0 unspecified atom stereocenters. The summed E-state index contributed by atoms with van der Waals surface area (Å²) in [5, 5.41) is 20.9. The fraction of sp³-hybridized carbons (Fsp3) is 1.00. The van der Waals surface area contributed by atoms with E-state index in [4.69, 9.17) is 37.9 Å².